The van der Waals surface area contributed by atoms with Crippen molar-refractivity contribution < 1.29 is 22.5 Å². The van der Waals surface area contributed by atoms with Gasteiger partial charge in [-0.25, -0.2) is 8.42 Å². The van der Waals surface area contributed by atoms with Gasteiger partial charge in [0.1, 0.15) is 5.75 Å². The molecule has 2 aromatic carbocycles. The van der Waals surface area contributed by atoms with E-state index in [0.717, 1.165) is 5.56 Å². The second-order valence-corrected chi connectivity index (χ2v) is 11.8. The predicted molar refractivity (Wildman–Crippen MR) is 135 cm³/mol. The Labute approximate surface area is 211 Å². The summed E-state index contributed by atoms with van der Waals surface area (Å²) in [6, 6.07) is 14.3. The molecule has 1 amide bonds. The molecule has 0 atom stereocenters. The summed E-state index contributed by atoms with van der Waals surface area (Å²) in [5.74, 6) is 0.955. The van der Waals surface area contributed by atoms with Crippen molar-refractivity contribution in [2.24, 2.45) is 5.92 Å². The maximum atomic E-state index is 12.9. The van der Waals surface area contributed by atoms with Crippen LogP contribution in [0.1, 0.15) is 45.1 Å². The first-order chi connectivity index (χ1) is 17.1. The van der Waals surface area contributed by atoms with Crippen LogP contribution in [0.4, 0.5) is 0 Å². The van der Waals surface area contributed by atoms with Gasteiger partial charge in [0.05, 0.1) is 18.6 Å². The minimum atomic E-state index is -3.61. The molecular weight excluding hydrogens is 480 g/mol. The SMILES string of the molecule is COc1ccc(S(=O)(=O)N2CCC(C(=O)NCc3nc(-c4ccc(C(C)(C)C)cc4)no3)CC2)cc1. The Bertz CT molecular complexity index is 1290. The first-order valence-electron chi connectivity index (χ1n) is 11.9. The summed E-state index contributed by atoms with van der Waals surface area (Å²) in [5.41, 5.74) is 2.11. The number of amides is 1. The highest BCUT2D eigenvalue weighted by molar-refractivity contribution is 7.89. The Kier molecular flexibility index (Phi) is 7.46. The van der Waals surface area contributed by atoms with Crippen molar-refractivity contribution >= 4 is 15.9 Å². The second-order valence-electron chi connectivity index (χ2n) is 9.91. The van der Waals surface area contributed by atoms with Crippen LogP contribution in [0.25, 0.3) is 11.4 Å². The number of benzene rings is 2. The molecule has 0 saturated carbocycles. The zero-order chi connectivity index (χ0) is 25.9. The van der Waals surface area contributed by atoms with Crippen LogP contribution in [0.3, 0.4) is 0 Å². The number of ether oxygens (including phenoxy) is 1. The van der Waals surface area contributed by atoms with E-state index < -0.39 is 10.0 Å². The molecule has 0 spiro atoms. The van der Waals surface area contributed by atoms with E-state index in [9.17, 15) is 13.2 Å². The first kappa shape index (κ1) is 25.8. The summed E-state index contributed by atoms with van der Waals surface area (Å²) >= 11 is 0. The van der Waals surface area contributed by atoms with E-state index >= 15 is 0 Å². The maximum absolute atomic E-state index is 12.9. The van der Waals surface area contributed by atoms with Crippen LogP contribution in [0.2, 0.25) is 0 Å². The number of aromatic nitrogens is 2. The van der Waals surface area contributed by atoms with Crippen LogP contribution in [-0.4, -0.2) is 49.0 Å². The molecule has 1 aromatic heterocycles. The van der Waals surface area contributed by atoms with Crippen molar-refractivity contribution in [2.75, 3.05) is 20.2 Å². The Morgan fingerprint density at radius 3 is 2.31 bits per heavy atom. The fourth-order valence-electron chi connectivity index (χ4n) is 4.13. The number of rotatable bonds is 7. The zero-order valence-corrected chi connectivity index (χ0v) is 21.8. The standard InChI is InChI=1S/C26H32N4O5S/c1-26(2,3)20-7-5-18(6-8-20)24-28-23(35-29-24)17-27-25(31)19-13-15-30(16-14-19)36(32,33)22-11-9-21(34-4)10-12-22/h5-12,19H,13-17H2,1-4H3,(H,27,31). The van der Waals surface area contributed by atoms with Gasteiger partial charge in [0.25, 0.3) is 0 Å². The monoisotopic (exact) mass is 512 g/mol. The Hall–Kier alpha value is -3.24. The highest BCUT2D eigenvalue weighted by atomic mass is 32.2. The Balaban J connectivity index is 1.29. The van der Waals surface area contributed by atoms with Crippen LogP contribution in [0, 0.1) is 5.92 Å². The summed E-state index contributed by atoms with van der Waals surface area (Å²) in [4.78, 5) is 17.3. The van der Waals surface area contributed by atoms with E-state index in [-0.39, 0.29) is 41.8 Å². The van der Waals surface area contributed by atoms with E-state index in [2.05, 4.69) is 36.2 Å². The molecule has 0 aliphatic carbocycles. The Morgan fingerprint density at radius 1 is 1.08 bits per heavy atom. The lowest BCUT2D eigenvalue weighted by Gasteiger charge is -2.30. The molecule has 3 aromatic rings. The van der Waals surface area contributed by atoms with Crippen LogP contribution < -0.4 is 10.1 Å². The second kappa shape index (κ2) is 10.4. The van der Waals surface area contributed by atoms with Gasteiger partial charge in [-0.15, -0.1) is 0 Å². The van der Waals surface area contributed by atoms with Crippen molar-refractivity contribution in [3.8, 4) is 17.1 Å². The lowest BCUT2D eigenvalue weighted by Crippen LogP contribution is -2.42. The van der Waals surface area contributed by atoms with E-state index in [4.69, 9.17) is 9.26 Å². The summed E-state index contributed by atoms with van der Waals surface area (Å²) < 4.78 is 37.7. The van der Waals surface area contributed by atoms with Crippen molar-refractivity contribution in [3.63, 3.8) is 0 Å². The molecular formula is C26H32N4O5S. The minimum absolute atomic E-state index is 0.0568. The molecule has 0 unspecified atom stereocenters. The van der Waals surface area contributed by atoms with Crippen molar-refractivity contribution in [3.05, 3.63) is 60.0 Å². The van der Waals surface area contributed by atoms with Gasteiger partial charge in [0, 0.05) is 24.6 Å². The van der Waals surface area contributed by atoms with Gasteiger partial charge in [-0.3, -0.25) is 4.79 Å². The third-order valence-electron chi connectivity index (χ3n) is 6.41. The smallest absolute Gasteiger partial charge is 0.246 e. The van der Waals surface area contributed by atoms with E-state index in [1.165, 1.54) is 29.1 Å². The predicted octanol–water partition coefficient (Wildman–Crippen LogP) is 3.76. The number of carbonyl (C=O) groups is 1. The van der Waals surface area contributed by atoms with E-state index in [0.29, 0.717) is 30.3 Å². The number of hydrogen-bond acceptors (Lipinski definition) is 7. The van der Waals surface area contributed by atoms with Crippen molar-refractivity contribution in [1.82, 2.24) is 19.8 Å². The topological polar surface area (TPSA) is 115 Å². The Morgan fingerprint density at radius 2 is 1.72 bits per heavy atom. The molecule has 0 bridgehead atoms. The lowest BCUT2D eigenvalue weighted by atomic mass is 9.87. The van der Waals surface area contributed by atoms with Gasteiger partial charge in [-0.2, -0.15) is 9.29 Å². The van der Waals surface area contributed by atoms with Crippen molar-refractivity contribution in [1.29, 1.82) is 0 Å². The van der Waals surface area contributed by atoms with Crippen LogP contribution >= 0.6 is 0 Å². The van der Waals surface area contributed by atoms with Gasteiger partial charge < -0.3 is 14.6 Å². The van der Waals surface area contributed by atoms with Gasteiger partial charge in [0.15, 0.2) is 0 Å². The number of nitrogens with one attached hydrogen (secondary N) is 1. The molecule has 1 aliphatic rings. The molecule has 4 rings (SSSR count). The van der Waals surface area contributed by atoms with E-state index in [1.54, 1.807) is 12.1 Å². The largest absolute Gasteiger partial charge is 0.497 e. The average Bonchev–Trinajstić information content (AvgIpc) is 3.36. The normalized spacial score (nSPS) is 15.6. The number of hydrogen-bond donors (Lipinski definition) is 1. The van der Waals surface area contributed by atoms with Crippen LogP contribution in [0.5, 0.6) is 5.75 Å². The summed E-state index contributed by atoms with van der Waals surface area (Å²) in [5, 5.41) is 6.87. The van der Waals surface area contributed by atoms with Crippen molar-refractivity contribution in [2.45, 2.75) is 50.5 Å². The number of carbonyl (C=O) groups excluding carboxylic acids is 1. The highest BCUT2D eigenvalue weighted by Crippen LogP contribution is 2.26. The molecule has 2 heterocycles. The summed E-state index contributed by atoms with van der Waals surface area (Å²) in [6.45, 7) is 7.14. The molecule has 9 nitrogen and oxygen atoms in total. The fraction of sp³-hybridized carbons (Fsp3) is 0.423. The first-order valence-corrected chi connectivity index (χ1v) is 13.4. The molecule has 1 aliphatic heterocycles. The fourth-order valence-corrected chi connectivity index (χ4v) is 5.60. The third-order valence-corrected chi connectivity index (χ3v) is 8.33. The molecule has 36 heavy (non-hydrogen) atoms. The minimum Gasteiger partial charge on any atom is -0.497 e. The molecule has 10 heteroatoms. The molecule has 1 fully saturated rings. The number of nitrogens with zero attached hydrogens (tertiary/aromatic N) is 3. The van der Waals surface area contributed by atoms with Crippen LogP contribution in [-0.2, 0) is 26.8 Å². The molecule has 0 radical (unpaired) electrons. The number of sulfonamides is 1. The molecule has 192 valence electrons. The quantitative estimate of drug-likeness (QED) is 0.513. The molecule has 1 N–H and O–H groups in total. The zero-order valence-electron chi connectivity index (χ0n) is 21.0. The lowest BCUT2D eigenvalue weighted by molar-refractivity contribution is -0.126. The summed E-state index contributed by atoms with van der Waals surface area (Å²) in [6.07, 6.45) is 0.882. The van der Waals surface area contributed by atoms with Gasteiger partial charge >= 0.3 is 0 Å². The third kappa shape index (κ3) is 5.76. The number of piperidine rings is 1. The number of methoxy groups -OCH3 is 1. The van der Waals surface area contributed by atoms with Gasteiger partial charge in [-0.1, -0.05) is 50.2 Å². The summed E-state index contributed by atoms with van der Waals surface area (Å²) in [7, 11) is -2.08. The maximum Gasteiger partial charge on any atom is 0.246 e. The van der Waals surface area contributed by atoms with Gasteiger partial charge in [0.2, 0.25) is 27.6 Å². The average molecular weight is 513 g/mol. The van der Waals surface area contributed by atoms with Crippen LogP contribution in [0.15, 0.2) is 57.9 Å². The van der Waals surface area contributed by atoms with Gasteiger partial charge in [-0.05, 0) is 48.1 Å². The molecule has 1 saturated heterocycles. The highest BCUT2D eigenvalue weighted by Gasteiger charge is 2.32. The van der Waals surface area contributed by atoms with E-state index in [1.807, 2.05) is 24.3 Å².